The molecule has 2 aromatic carbocycles. The van der Waals surface area contributed by atoms with E-state index in [0.29, 0.717) is 27.7 Å². The molecule has 0 unspecified atom stereocenters. The van der Waals surface area contributed by atoms with E-state index in [0.717, 1.165) is 0 Å². The first-order valence-corrected chi connectivity index (χ1v) is 9.07. The van der Waals surface area contributed by atoms with Crippen LogP contribution in [0, 0.1) is 5.82 Å². The topological polar surface area (TPSA) is 76.0 Å². The van der Waals surface area contributed by atoms with Gasteiger partial charge in [-0.25, -0.2) is 9.07 Å². The Labute approximate surface area is 169 Å². The zero-order valence-electron chi connectivity index (χ0n) is 14.2. The summed E-state index contributed by atoms with van der Waals surface area (Å²) >= 11 is 12.0. The van der Waals surface area contributed by atoms with Gasteiger partial charge in [-0.2, -0.15) is 5.10 Å². The molecule has 0 fully saturated rings. The Kier molecular flexibility index (Phi) is 4.78. The number of fused-ring (bicyclic) bond motifs is 1. The van der Waals surface area contributed by atoms with Gasteiger partial charge in [0, 0.05) is 10.6 Å². The summed E-state index contributed by atoms with van der Waals surface area (Å²) in [4.78, 5) is 25.0. The maximum atomic E-state index is 13.2. The van der Waals surface area contributed by atoms with Crippen LogP contribution in [0.4, 0.5) is 15.9 Å². The SMILES string of the molecule is O=C1C[C@H](C(=O)Nc2ccc(Cl)cc2Cl)n2ncc(-c3ccc(F)cc3)c2N1. The Morgan fingerprint density at radius 3 is 2.68 bits per heavy atom. The van der Waals surface area contributed by atoms with Crippen LogP contribution in [0.5, 0.6) is 0 Å². The summed E-state index contributed by atoms with van der Waals surface area (Å²) in [6.07, 6.45) is 1.46. The van der Waals surface area contributed by atoms with E-state index < -0.39 is 11.9 Å². The van der Waals surface area contributed by atoms with E-state index in [1.165, 1.54) is 29.1 Å². The maximum Gasteiger partial charge on any atom is 0.249 e. The number of hydrogen-bond acceptors (Lipinski definition) is 3. The molecule has 1 atom stereocenters. The highest BCUT2D eigenvalue weighted by Gasteiger charge is 2.33. The third-order valence-electron chi connectivity index (χ3n) is 4.37. The molecule has 2 heterocycles. The molecule has 4 rings (SSSR count). The van der Waals surface area contributed by atoms with Crippen molar-refractivity contribution < 1.29 is 14.0 Å². The van der Waals surface area contributed by atoms with Gasteiger partial charge in [-0.1, -0.05) is 35.3 Å². The van der Waals surface area contributed by atoms with Crippen LogP contribution in [0.1, 0.15) is 12.5 Å². The van der Waals surface area contributed by atoms with E-state index in [-0.39, 0.29) is 23.2 Å². The van der Waals surface area contributed by atoms with Crippen LogP contribution < -0.4 is 10.6 Å². The van der Waals surface area contributed by atoms with Gasteiger partial charge in [-0.3, -0.25) is 9.59 Å². The van der Waals surface area contributed by atoms with Gasteiger partial charge in [-0.15, -0.1) is 0 Å². The second-order valence-electron chi connectivity index (χ2n) is 6.24. The van der Waals surface area contributed by atoms with Crippen molar-refractivity contribution in [1.29, 1.82) is 0 Å². The maximum absolute atomic E-state index is 13.2. The second-order valence-corrected chi connectivity index (χ2v) is 7.08. The zero-order chi connectivity index (χ0) is 19.8. The van der Waals surface area contributed by atoms with Crippen LogP contribution >= 0.6 is 23.2 Å². The fraction of sp³-hybridized carbons (Fsp3) is 0.105. The van der Waals surface area contributed by atoms with Crippen molar-refractivity contribution in [3.8, 4) is 11.1 Å². The summed E-state index contributed by atoms with van der Waals surface area (Å²) in [5.41, 5.74) is 1.65. The van der Waals surface area contributed by atoms with Crippen LogP contribution in [0.3, 0.4) is 0 Å². The minimum absolute atomic E-state index is 0.0748. The van der Waals surface area contributed by atoms with Gasteiger partial charge in [0.2, 0.25) is 11.8 Å². The molecule has 0 saturated carbocycles. The third kappa shape index (κ3) is 3.46. The highest BCUT2D eigenvalue weighted by molar-refractivity contribution is 6.36. The molecule has 0 bridgehead atoms. The van der Waals surface area contributed by atoms with Crippen molar-refractivity contribution in [3.05, 3.63) is 64.5 Å². The number of benzene rings is 2. The van der Waals surface area contributed by atoms with E-state index in [9.17, 15) is 14.0 Å². The minimum atomic E-state index is -0.857. The van der Waals surface area contributed by atoms with E-state index >= 15 is 0 Å². The highest BCUT2D eigenvalue weighted by atomic mass is 35.5. The van der Waals surface area contributed by atoms with Crippen LogP contribution in [0.25, 0.3) is 11.1 Å². The number of hydrogen-bond donors (Lipinski definition) is 2. The molecular formula is C19H13Cl2FN4O2. The monoisotopic (exact) mass is 418 g/mol. The average molecular weight is 419 g/mol. The molecule has 1 aromatic heterocycles. The van der Waals surface area contributed by atoms with Gasteiger partial charge in [0.1, 0.15) is 17.7 Å². The molecule has 9 heteroatoms. The van der Waals surface area contributed by atoms with Crippen LogP contribution in [-0.2, 0) is 9.59 Å². The van der Waals surface area contributed by atoms with E-state index in [2.05, 4.69) is 15.7 Å². The molecule has 2 N–H and O–H groups in total. The predicted molar refractivity (Wildman–Crippen MR) is 105 cm³/mol. The largest absolute Gasteiger partial charge is 0.323 e. The summed E-state index contributed by atoms with van der Waals surface area (Å²) in [6.45, 7) is 0. The normalized spacial score (nSPS) is 15.7. The molecule has 28 heavy (non-hydrogen) atoms. The van der Waals surface area contributed by atoms with Crippen molar-refractivity contribution in [2.45, 2.75) is 12.5 Å². The number of anilines is 2. The number of halogens is 3. The number of carbonyl (C=O) groups excluding carboxylic acids is 2. The fourth-order valence-corrected chi connectivity index (χ4v) is 3.48. The van der Waals surface area contributed by atoms with Crippen molar-refractivity contribution in [3.63, 3.8) is 0 Å². The Bertz CT molecular complexity index is 1080. The molecule has 2 amide bonds. The lowest BCUT2D eigenvalue weighted by molar-refractivity contribution is -0.125. The third-order valence-corrected chi connectivity index (χ3v) is 4.92. The molecule has 142 valence electrons. The average Bonchev–Trinajstić information content (AvgIpc) is 3.07. The standard InChI is InChI=1S/C19H13Cl2FN4O2/c20-11-3-6-15(14(21)7-11)24-19(28)16-8-17(27)25-18-13(9-23-26(16)18)10-1-4-12(22)5-2-10/h1-7,9,16H,8H2,(H,24,28)(H,25,27)/t16-/m1/s1. The molecule has 0 saturated heterocycles. The van der Waals surface area contributed by atoms with Crippen molar-refractivity contribution in [2.75, 3.05) is 10.6 Å². The smallest absolute Gasteiger partial charge is 0.249 e. The summed E-state index contributed by atoms with van der Waals surface area (Å²) in [6, 6.07) is 9.63. The van der Waals surface area contributed by atoms with Gasteiger partial charge in [0.25, 0.3) is 0 Å². The molecule has 0 radical (unpaired) electrons. The summed E-state index contributed by atoms with van der Waals surface area (Å²) in [5, 5.41) is 10.4. The van der Waals surface area contributed by atoms with Crippen molar-refractivity contribution >= 4 is 46.5 Å². The van der Waals surface area contributed by atoms with E-state index in [4.69, 9.17) is 23.2 Å². The second kappa shape index (κ2) is 7.26. The first-order chi connectivity index (χ1) is 13.4. The number of rotatable bonds is 3. The quantitative estimate of drug-likeness (QED) is 0.656. The lowest BCUT2D eigenvalue weighted by Crippen LogP contribution is -2.35. The highest BCUT2D eigenvalue weighted by Crippen LogP contribution is 2.35. The van der Waals surface area contributed by atoms with Crippen LogP contribution in [-0.4, -0.2) is 21.6 Å². The number of nitrogens with one attached hydrogen (secondary N) is 2. The molecule has 3 aromatic rings. The van der Waals surface area contributed by atoms with Gasteiger partial charge < -0.3 is 10.6 Å². The fourth-order valence-electron chi connectivity index (χ4n) is 3.02. The minimum Gasteiger partial charge on any atom is -0.323 e. The number of aromatic nitrogens is 2. The predicted octanol–water partition coefficient (Wildman–Crippen LogP) is 4.52. The van der Waals surface area contributed by atoms with E-state index in [1.807, 2.05) is 0 Å². The number of carbonyl (C=O) groups is 2. The Morgan fingerprint density at radius 2 is 1.96 bits per heavy atom. The summed E-state index contributed by atoms with van der Waals surface area (Å²) < 4.78 is 14.6. The van der Waals surface area contributed by atoms with E-state index in [1.54, 1.807) is 24.3 Å². The molecule has 6 nitrogen and oxygen atoms in total. The lowest BCUT2D eigenvalue weighted by atomic mass is 10.1. The van der Waals surface area contributed by atoms with Crippen molar-refractivity contribution in [2.24, 2.45) is 0 Å². The molecule has 1 aliphatic heterocycles. The lowest BCUT2D eigenvalue weighted by Gasteiger charge is -2.24. The van der Waals surface area contributed by atoms with Crippen LogP contribution in [0.15, 0.2) is 48.7 Å². The molecular weight excluding hydrogens is 406 g/mol. The Balaban J connectivity index is 1.66. The van der Waals surface area contributed by atoms with Gasteiger partial charge in [0.15, 0.2) is 0 Å². The first-order valence-electron chi connectivity index (χ1n) is 8.31. The molecule has 0 aliphatic carbocycles. The van der Waals surface area contributed by atoms with Gasteiger partial charge >= 0.3 is 0 Å². The zero-order valence-corrected chi connectivity index (χ0v) is 15.8. The van der Waals surface area contributed by atoms with Gasteiger partial charge in [-0.05, 0) is 35.9 Å². The number of amides is 2. The van der Waals surface area contributed by atoms with Crippen LogP contribution in [0.2, 0.25) is 10.0 Å². The Hall–Kier alpha value is -2.90. The number of nitrogens with zero attached hydrogens (tertiary/aromatic N) is 2. The summed E-state index contributed by atoms with van der Waals surface area (Å²) in [5.74, 6) is -0.746. The first kappa shape index (κ1) is 18.5. The molecule has 0 spiro atoms. The van der Waals surface area contributed by atoms with Crippen molar-refractivity contribution in [1.82, 2.24) is 9.78 Å². The Morgan fingerprint density at radius 1 is 1.21 bits per heavy atom. The summed E-state index contributed by atoms with van der Waals surface area (Å²) in [7, 11) is 0. The van der Waals surface area contributed by atoms with Gasteiger partial charge in [0.05, 0.1) is 23.3 Å². The molecule has 1 aliphatic rings.